The Hall–Kier alpha value is -1.50. The van der Waals surface area contributed by atoms with Crippen molar-refractivity contribution < 1.29 is 9.84 Å². The second kappa shape index (κ2) is 8.58. The van der Waals surface area contributed by atoms with Gasteiger partial charge < -0.3 is 14.7 Å². The SMILES string of the molecule is CCC(C)N(C)CCOc1cccc(C#CCO)c1. The van der Waals surface area contributed by atoms with Crippen molar-refractivity contribution in [2.75, 3.05) is 26.8 Å². The molecule has 104 valence electrons. The molecule has 0 aliphatic rings. The first kappa shape index (κ1) is 15.6. The van der Waals surface area contributed by atoms with Gasteiger partial charge in [0.25, 0.3) is 0 Å². The Morgan fingerprint density at radius 1 is 1.42 bits per heavy atom. The molecule has 0 saturated carbocycles. The Morgan fingerprint density at radius 3 is 2.89 bits per heavy atom. The molecule has 1 N–H and O–H groups in total. The minimum atomic E-state index is -0.120. The highest BCUT2D eigenvalue weighted by atomic mass is 16.5. The summed E-state index contributed by atoms with van der Waals surface area (Å²) < 4.78 is 5.72. The second-order valence-electron chi connectivity index (χ2n) is 4.57. The van der Waals surface area contributed by atoms with E-state index < -0.39 is 0 Å². The average Bonchev–Trinajstić information content (AvgIpc) is 2.44. The zero-order valence-corrected chi connectivity index (χ0v) is 12.0. The molecule has 3 nitrogen and oxygen atoms in total. The minimum absolute atomic E-state index is 0.120. The topological polar surface area (TPSA) is 32.7 Å². The largest absolute Gasteiger partial charge is 0.492 e. The number of nitrogens with zero attached hydrogens (tertiary/aromatic N) is 1. The zero-order chi connectivity index (χ0) is 14.1. The van der Waals surface area contributed by atoms with Crippen molar-refractivity contribution in [3.8, 4) is 17.6 Å². The van der Waals surface area contributed by atoms with Crippen LogP contribution >= 0.6 is 0 Å². The predicted molar refractivity (Wildman–Crippen MR) is 78.3 cm³/mol. The number of aliphatic hydroxyl groups is 1. The van der Waals surface area contributed by atoms with Crippen LogP contribution in [0.1, 0.15) is 25.8 Å². The molecule has 0 heterocycles. The van der Waals surface area contributed by atoms with E-state index in [1.807, 2.05) is 24.3 Å². The summed E-state index contributed by atoms with van der Waals surface area (Å²) in [6.45, 7) is 5.85. The number of aliphatic hydroxyl groups excluding tert-OH is 1. The molecule has 0 spiro atoms. The number of hydrogen-bond acceptors (Lipinski definition) is 3. The van der Waals surface area contributed by atoms with Crippen LogP contribution in [-0.2, 0) is 0 Å². The fraction of sp³-hybridized carbons (Fsp3) is 0.500. The van der Waals surface area contributed by atoms with Crippen molar-refractivity contribution in [2.45, 2.75) is 26.3 Å². The summed E-state index contributed by atoms with van der Waals surface area (Å²) in [4.78, 5) is 2.29. The minimum Gasteiger partial charge on any atom is -0.492 e. The van der Waals surface area contributed by atoms with E-state index >= 15 is 0 Å². The third kappa shape index (κ3) is 5.78. The van der Waals surface area contributed by atoms with Crippen molar-refractivity contribution in [1.29, 1.82) is 0 Å². The van der Waals surface area contributed by atoms with Crippen molar-refractivity contribution >= 4 is 0 Å². The second-order valence-corrected chi connectivity index (χ2v) is 4.57. The van der Waals surface area contributed by atoms with Gasteiger partial charge in [0.15, 0.2) is 0 Å². The molecule has 1 aromatic carbocycles. The van der Waals surface area contributed by atoms with Gasteiger partial charge in [-0.05, 0) is 38.6 Å². The van der Waals surface area contributed by atoms with E-state index in [9.17, 15) is 0 Å². The first-order valence-corrected chi connectivity index (χ1v) is 6.70. The van der Waals surface area contributed by atoms with Gasteiger partial charge in [0.05, 0.1) is 0 Å². The third-order valence-corrected chi connectivity index (χ3v) is 3.20. The Bertz CT molecular complexity index is 434. The van der Waals surface area contributed by atoms with Crippen LogP contribution in [0.2, 0.25) is 0 Å². The van der Waals surface area contributed by atoms with E-state index in [0.29, 0.717) is 12.6 Å². The van der Waals surface area contributed by atoms with Crippen LogP contribution < -0.4 is 4.74 Å². The lowest BCUT2D eigenvalue weighted by atomic mass is 10.2. The summed E-state index contributed by atoms with van der Waals surface area (Å²) in [5.74, 6) is 6.32. The molecule has 1 atom stereocenters. The fourth-order valence-electron chi connectivity index (χ4n) is 1.64. The number of hydrogen-bond donors (Lipinski definition) is 1. The molecule has 0 aliphatic heterocycles. The summed E-state index contributed by atoms with van der Waals surface area (Å²) in [5, 5.41) is 8.66. The van der Waals surface area contributed by atoms with E-state index in [4.69, 9.17) is 9.84 Å². The van der Waals surface area contributed by atoms with Gasteiger partial charge in [-0.15, -0.1) is 0 Å². The van der Waals surface area contributed by atoms with Crippen LogP contribution in [0.4, 0.5) is 0 Å². The molecular weight excluding hydrogens is 238 g/mol. The monoisotopic (exact) mass is 261 g/mol. The van der Waals surface area contributed by atoms with Crippen LogP contribution in [0.15, 0.2) is 24.3 Å². The first-order valence-electron chi connectivity index (χ1n) is 6.70. The Labute approximate surface area is 116 Å². The zero-order valence-electron chi connectivity index (χ0n) is 12.0. The summed E-state index contributed by atoms with van der Waals surface area (Å²) in [6.07, 6.45) is 1.14. The molecule has 19 heavy (non-hydrogen) atoms. The molecule has 0 saturated heterocycles. The highest BCUT2D eigenvalue weighted by molar-refractivity contribution is 5.39. The quantitative estimate of drug-likeness (QED) is 0.796. The molecule has 1 rings (SSSR count). The number of ether oxygens (including phenoxy) is 1. The number of rotatable bonds is 6. The Balaban J connectivity index is 2.45. The molecular formula is C16H23NO2. The summed E-state index contributed by atoms with van der Waals surface area (Å²) >= 11 is 0. The molecule has 0 aliphatic carbocycles. The predicted octanol–water partition coefficient (Wildman–Crippen LogP) is 2.14. The highest BCUT2D eigenvalue weighted by Crippen LogP contribution is 2.12. The average molecular weight is 261 g/mol. The standard InChI is InChI=1S/C16H23NO2/c1-4-14(2)17(3)10-12-19-16-9-5-7-15(13-16)8-6-11-18/h5,7,9,13-14,18H,4,10-12H2,1-3H3. The van der Waals surface area contributed by atoms with Gasteiger partial charge in [-0.1, -0.05) is 24.8 Å². The summed E-state index contributed by atoms with van der Waals surface area (Å²) in [7, 11) is 2.11. The van der Waals surface area contributed by atoms with E-state index in [1.54, 1.807) is 0 Å². The fourth-order valence-corrected chi connectivity index (χ4v) is 1.64. The Morgan fingerprint density at radius 2 is 2.21 bits per heavy atom. The molecule has 1 unspecified atom stereocenters. The van der Waals surface area contributed by atoms with Crippen LogP contribution in [0.3, 0.4) is 0 Å². The smallest absolute Gasteiger partial charge is 0.120 e. The van der Waals surface area contributed by atoms with Gasteiger partial charge in [0.1, 0.15) is 19.0 Å². The van der Waals surface area contributed by atoms with Crippen molar-refractivity contribution in [3.05, 3.63) is 29.8 Å². The van der Waals surface area contributed by atoms with E-state index in [0.717, 1.165) is 24.3 Å². The van der Waals surface area contributed by atoms with Gasteiger partial charge in [0, 0.05) is 18.2 Å². The molecule has 0 fully saturated rings. The molecule has 0 bridgehead atoms. The van der Waals surface area contributed by atoms with E-state index in [1.165, 1.54) is 0 Å². The maximum Gasteiger partial charge on any atom is 0.120 e. The molecule has 0 amide bonds. The molecule has 0 aromatic heterocycles. The van der Waals surface area contributed by atoms with Gasteiger partial charge in [0.2, 0.25) is 0 Å². The summed E-state index contributed by atoms with van der Waals surface area (Å²) in [5.41, 5.74) is 0.863. The lowest BCUT2D eigenvalue weighted by Crippen LogP contribution is -2.32. The van der Waals surface area contributed by atoms with Gasteiger partial charge in [-0.25, -0.2) is 0 Å². The number of likely N-dealkylation sites (N-methyl/N-ethyl adjacent to an activating group) is 1. The normalized spacial score (nSPS) is 11.8. The van der Waals surface area contributed by atoms with Gasteiger partial charge in [-0.2, -0.15) is 0 Å². The van der Waals surface area contributed by atoms with Crippen molar-refractivity contribution in [2.24, 2.45) is 0 Å². The van der Waals surface area contributed by atoms with Crippen LogP contribution in [0.5, 0.6) is 5.75 Å². The number of benzene rings is 1. The Kier molecular flexibility index (Phi) is 7.02. The van der Waals surface area contributed by atoms with Crippen LogP contribution in [0.25, 0.3) is 0 Å². The van der Waals surface area contributed by atoms with Crippen molar-refractivity contribution in [1.82, 2.24) is 4.90 Å². The molecule has 1 aromatic rings. The maximum absolute atomic E-state index is 8.66. The van der Waals surface area contributed by atoms with Crippen LogP contribution in [-0.4, -0.2) is 42.9 Å². The van der Waals surface area contributed by atoms with Crippen LogP contribution in [0, 0.1) is 11.8 Å². The van der Waals surface area contributed by atoms with Crippen molar-refractivity contribution in [3.63, 3.8) is 0 Å². The van der Waals surface area contributed by atoms with E-state index in [-0.39, 0.29) is 6.61 Å². The lowest BCUT2D eigenvalue weighted by Gasteiger charge is -2.23. The highest BCUT2D eigenvalue weighted by Gasteiger charge is 2.06. The first-order chi connectivity index (χ1) is 9.17. The third-order valence-electron chi connectivity index (χ3n) is 3.20. The summed E-state index contributed by atoms with van der Waals surface area (Å²) in [6, 6.07) is 8.21. The van der Waals surface area contributed by atoms with Gasteiger partial charge >= 0.3 is 0 Å². The van der Waals surface area contributed by atoms with Gasteiger partial charge in [-0.3, -0.25) is 0 Å². The molecule has 0 radical (unpaired) electrons. The maximum atomic E-state index is 8.66. The van der Waals surface area contributed by atoms with E-state index in [2.05, 4.69) is 37.6 Å². The molecule has 3 heteroatoms. The lowest BCUT2D eigenvalue weighted by molar-refractivity contribution is 0.196.